The van der Waals surface area contributed by atoms with Crippen LogP contribution in [0.2, 0.25) is 0 Å². The summed E-state index contributed by atoms with van der Waals surface area (Å²) in [4.78, 5) is 13.3. The second-order valence-electron chi connectivity index (χ2n) is 6.03. The molecule has 1 aliphatic heterocycles. The minimum atomic E-state index is -0.274. The van der Waals surface area contributed by atoms with Crippen LogP contribution in [-0.2, 0) is 0 Å². The lowest BCUT2D eigenvalue weighted by atomic mass is 10.1. The Bertz CT molecular complexity index is 528. The molecule has 3 rings (SSSR count). The van der Waals surface area contributed by atoms with Gasteiger partial charge in [0.1, 0.15) is 5.69 Å². The third-order valence-electron chi connectivity index (χ3n) is 4.25. The molecule has 6 heteroatoms. The molecule has 1 saturated heterocycles. The molecule has 0 spiro atoms. The molecule has 1 N–H and O–H groups in total. The molecule has 0 bridgehead atoms. The summed E-state index contributed by atoms with van der Waals surface area (Å²) in [6, 6.07) is 5.67. The lowest BCUT2D eigenvalue weighted by Crippen LogP contribution is -2.39. The number of anilines is 1. The van der Waals surface area contributed by atoms with E-state index in [2.05, 4.69) is 26.1 Å². The number of benzene rings is 1. The maximum atomic E-state index is 11.3. The topological polar surface area (TPSA) is 58.4 Å². The van der Waals surface area contributed by atoms with Gasteiger partial charge in [-0.25, -0.2) is 0 Å². The second-order valence-corrected chi connectivity index (χ2v) is 6.95. The lowest BCUT2D eigenvalue weighted by molar-refractivity contribution is -0.384. The average Bonchev–Trinajstić information content (AvgIpc) is 3.11. The van der Waals surface area contributed by atoms with Crippen molar-refractivity contribution in [1.82, 2.24) is 5.32 Å². The Morgan fingerprint density at radius 3 is 2.76 bits per heavy atom. The van der Waals surface area contributed by atoms with Crippen molar-refractivity contribution in [2.45, 2.75) is 31.7 Å². The highest BCUT2D eigenvalue weighted by Gasteiger charge is 2.29. The Morgan fingerprint density at radius 2 is 2.14 bits per heavy atom. The molecular weight excluding hydrogens is 334 g/mol. The molecule has 2 fully saturated rings. The molecule has 0 aromatic heterocycles. The number of nitrogens with one attached hydrogen (secondary N) is 1. The van der Waals surface area contributed by atoms with Crippen LogP contribution in [0.4, 0.5) is 11.4 Å². The summed E-state index contributed by atoms with van der Waals surface area (Å²) in [5, 5.41) is 14.8. The smallest absolute Gasteiger partial charge is 0.292 e. The van der Waals surface area contributed by atoms with E-state index in [1.165, 1.54) is 19.3 Å². The highest BCUT2D eigenvalue weighted by molar-refractivity contribution is 9.10. The quantitative estimate of drug-likeness (QED) is 0.629. The van der Waals surface area contributed by atoms with Gasteiger partial charge in [0.05, 0.1) is 4.92 Å². The summed E-state index contributed by atoms with van der Waals surface area (Å²) in [6.45, 7) is 2.84. The summed E-state index contributed by atoms with van der Waals surface area (Å²) in [7, 11) is 0. The van der Waals surface area contributed by atoms with Crippen molar-refractivity contribution >= 4 is 27.3 Å². The van der Waals surface area contributed by atoms with E-state index in [-0.39, 0.29) is 10.6 Å². The first-order chi connectivity index (χ1) is 10.1. The molecule has 1 saturated carbocycles. The molecule has 21 heavy (non-hydrogen) atoms. The second kappa shape index (κ2) is 6.32. The van der Waals surface area contributed by atoms with Gasteiger partial charge in [-0.1, -0.05) is 15.9 Å². The van der Waals surface area contributed by atoms with E-state index in [9.17, 15) is 10.1 Å². The Balaban J connectivity index is 1.86. The molecule has 0 radical (unpaired) electrons. The minimum Gasteiger partial charge on any atom is -0.364 e. The first-order valence-electron chi connectivity index (χ1n) is 7.56. The van der Waals surface area contributed by atoms with Gasteiger partial charge >= 0.3 is 0 Å². The summed E-state index contributed by atoms with van der Waals surface area (Å²) >= 11 is 3.44. The fourth-order valence-corrected chi connectivity index (χ4v) is 3.32. The van der Waals surface area contributed by atoms with Crippen molar-refractivity contribution in [3.8, 4) is 0 Å². The van der Waals surface area contributed by atoms with Crippen LogP contribution in [0.5, 0.6) is 0 Å². The summed E-state index contributed by atoms with van der Waals surface area (Å²) in [5.41, 5.74) is 0.951. The van der Waals surface area contributed by atoms with E-state index in [0.29, 0.717) is 12.0 Å². The molecule has 5 nitrogen and oxygen atoms in total. The number of hydrogen-bond acceptors (Lipinski definition) is 4. The van der Waals surface area contributed by atoms with Gasteiger partial charge in [-0.2, -0.15) is 0 Å². The van der Waals surface area contributed by atoms with Gasteiger partial charge in [0.2, 0.25) is 0 Å². The molecule has 1 aliphatic carbocycles. The minimum absolute atomic E-state index is 0.205. The molecule has 114 valence electrons. The third-order valence-corrected chi connectivity index (χ3v) is 4.75. The van der Waals surface area contributed by atoms with E-state index in [4.69, 9.17) is 0 Å². The highest BCUT2D eigenvalue weighted by atomic mass is 79.9. The number of nitro groups is 1. The molecule has 1 aromatic rings. The summed E-state index contributed by atoms with van der Waals surface area (Å²) in [5.74, 6) is 0.699. The largest absolute Gasteiger partial charge is 0.364 e. The number of halogens is 1. The van der Waals surface area contributed by atoms with Crippen molar-refractivity contribution in [3.63, 3.8) is 0 Å². The van der Waals surface area contributed by atoms with Crippen LogP contribution in [0.15, 0.2) is 22.7 Å². The number of hydrogen-bond donors (Lipinski definition) is 1. The summed E-state index contributed by atoms with van der Waals surface area (Å²) in [6.07, 6.45) is 4.85. The summed E-state index contributed by atoms with van der Waals surface area (Å²) < 4.78 is 0.892. The molecule has 1 atom stereocenters. The SMILES string of the molecule is O=[N+]([O-])c1ccc(Br)cc1N(CC1CC1)CC1CCCN1. The monoisotopic (exact) mass is 353 g/mol. The Kier molecular flexibility index (Phi) is 4.45. The van der Waals surface area contributed by atoms with Crippen molar-refractivity contribution in [2.24, 2.45) is 5.92 Å². The van der Waals surface area contributed by atoms with Crippen LogP contribution in [0.25, 0.3) is 0 Å². The van der Waals surface area contributed by atoms with Crippen LogP contribution in [0.1, 0.15) is 25.7 Å². The third kappa shape index (κ3) is 3.74. The van der Waals surface area contributed by atoms with E-state index in [1.54, 1.807) is 12.1 Å². The zero-order chi connectivity index (χ0) is 14.8. The maximum Gasteiger partial charge on any atom is 0.292 e. The zero-order valence-corrected chi connectivity index (χ0v) is 13.5. The van der Waals surface area contributed by atoms with Crippen LogP contribution in [-0.4, -0.2) is 30.6 Å². The molecule has 1 unspecified atom stereocenters. The van der Waals surface area contributed by atoms with Gasteiger partial charge < -0.3 is 10.2 Å². The number of nitrogens with zero attached hydrogens (tertiary/aromatic N) is 2. The van der Waals surface area contributed by atoms with Crippen molar-refractivity contribution < 1.29 is 4.92 Å². The van der Waals surface area contributed by atoms with Gasteiger partial charge in [-0.05, 0) is 50.3 Å². The van der Waals surface area contributed by atoms with Gasteiger partial charge in [0.15, 0.2) is 0 Å². The van der Waals surface area contributed by atoms with E-state index in [1.807, 2.05) is 6.07 Å². The van der Waals surface area contributed by atoms with Crippen LogP contribution >= 0.6 is 15.9 Å². The predicted molar refractivity (Wildman–Crippen MR) is 86.8 cm³/mol. The average molecular weight is 354 g/mol. The van der Waals surface area contributed by atoms with Crippen LogP contribution < -0.4 is 10.2 Å². The van der Waals surface area contributed by atoms with Crippen molar-refractivity contribution in [1.29, 1.82) is 0 Å². The van der Waals surface area contributed by atoms with Crippen molar-refractivity contribution in [3.05, 3.63) is 32.8 Å². The van der Waals surface area contributed by atoms with Gasteiger partial charge in [-0.15, -0.1) is 0 Å². The van der Waals surface area contributed by atoms with E-state index in [0.717, 1.165) is 36.2 Å². The Morgan fingerprint density at radius 1 is 1.33 bits per heavy atom. The predicted octanol–water partition coefficient (Wildman–Crippen LogP) is 3.33. The molecule has 0 amide bonds. The number of rotatable bonds is 6. The molecule has 2 aliphatic rings. The van der Waals surface area contributed by atoms with Gasteiger partial charge in [-0.3, -0.25) is 10.1 Å². The van der Waals surface area contributed by atoms with Crippen molar-refractivity contribution in [2.75, 3.05) is 24.5 Å². The molecule has 1 heterocycles. The van der Waals surface area contributed by atoms with Gasteiger partial charge in [0.25, 0.3) is 5.69 Å². The lowest BCUT2D eigenvalue weighted by Gasteiger charge is -2.28. The van der Waals surface area contributed by atoms with Gasteiger partial charge in [0, 0.05) is 29.7 Å². The fourth-order valence-electron chi connectivity index (χ4n) is 2.97. The fraction of sp³-hybridized carbons (Fsp3) is 0.600. The van der Waals surface area contributed by atoms with Crippen LogP contribution in [0, 0.1) is 16.0 Å². The normalized spacial score (nSPS) is 21.5. The first kappa shape index (κ1) is 14.8. The van der Waals surface area contributed by atoms with Crippen LogP contribution in [0.3, 0.4) is 0 Å². The standard InChI is InChI=1S/C15H20BrN3O2/c16-12-5-6-14(19(20)21)15(8-12)18(9-11-3-4-11)10-13-2-1-7-17-13/h5-6,8,11,13,17H,1-4,7,9-10H2. The Hall–Kier alpha value is -1.14. The van der Waals surface area contributed by atoms with E-state index < -0.39 is 0 Å². The maximum absolute atomic E-state index is 11.3. The molecule has 1 aromatic carbocycles. The Labute approximate surface area is 133 Å². The zero-order valence-electron chi connectivity index (χ0n) is 11.9. The highest BCUT2D eigenvalue weighted by Crippen LogP contribution is 2.36. The van der Waals surface area contributed by atoms with E-state index >= 15 is 0 Å². The number of nitro benzene ring substituents is 1. The first-order valence-corrected chi connectivity index (χ1v) is 8.35. The molecular formula is C15H20BrN3O2.